The Hall–Kier alpha value is -4.63. The molecule has 0 bridgehead atoms. The number of nitrogens with zero attached hydrogens (tertiary/aromatic N) is 6. The molecule has 5 heterocycles. The summed E-state index contributed by atoms with van der Waals surface area (Å²) in [5.74, 6) is -0.282. The van der Waals surface area contributed by atoms with Gasteiger partial charge in [0, 0.05) is 46.4 Å². The number of halogens is 1. The van der Waals surface area contributed by atoms with Crippen molar-refractivity contribution >= 4 is 22.3 Å². The fraction of sp³-hybridized carbons (Fsp3) is 0.0769. The van der Waals surface area contributed by atoms with E-state index >= 15 is 0 Å². The third kappa shape index (κ3) is 3.77. The Morgan fingerprint density at radius 3 is 2.49 bits per heavy atom. The van der Waals surface area contributed by atoms with Gasteiger partial charge in [-0.2, -0.15) is 0 Å². The third-order valence-corrected chi connectivity index (χ3v) is 5.97. The van der Waals surface area contributed by atoms with Gasteiger partial charge in [-0.15, -0.1) is 0 Å². The van der Waals surface area contributed by atoms with Gasteiger partial charge in [0.2, 0.25) is 0 Å². The quantitative estimate of drug-likeness (QED) is 0.405. The van der Waals surface area contributed by atoms with Crippen molar-refractivity contribution in [3.63, 3.8) is 0 Å². The first-order valence-corrected chi connectivity index (χ1v) is 11.0. The second-order valence-electron chi connectivity index (χ2n) is 8.04. The van der Waals surface area contributed by atoms with Crippen molar-refractivity contribution in [1.82, 2.24) is 35.2 Å². The van der Waals surface area contributed by atoms with Gasteiger partial charge in [-0.05, 0) is 49.5 Å². The zero-order valence-corrected chi connectivity index (χ0v) is 18.6. The third-order valence-electron chi connectivity index (χ3n) is 5.97. The normalized spacial score (nSPS) is 14.8. The fourth-order valence-electron chi connectivity index (χ4n) is 4.30. The Balaban J connectivity index is 1.47. The molecule has 0 spiro atoms. The maximum atomic E-state index is 13.5. The van der Waals surface area contributed by atoms with Crippen LogP contribution < -0.4 is 10.6 Å². The number of fused-ring (bicyclic) bond motifs is 2. The van der Waals surface area contributed by atoms with Crippen LogP contribution in [0.5, 0.6) is 0 Å². The molecule has 170 valence electrons. The number of pyridine rings is 2. The minimum Gasteiger partial charge on any atom is -0.354 e. The first-order chi connectivity index (χ1) is 17.2. The van der Waals surface area contributed by atoms with Crippen LogP contribution in [0.4, 0.5) is 10.1 Å². The summed E-state index contributed by atoms with van der Waals surface area (Å²) in [4.78, 5) is 26.3. The Kier molecular flexibility index (Phi) is 5.16. The molecule has 0 radical (unpaired) electrons. The molecule has 8 nitrogen and oxygen atoms in total. The molecule has 4 aromatic heterocycles. The molecule has 2 N–H and O–H groups in total. The van der Waals surface area contributed by atoms with Gasteiger partial charge >= 0.3 is 0 Å². The largest absolute Gasteiger partial charge is 0.354 e. The first-order valence-electron chi connectivity index (χ1n) is 11.0. The number of benzene rings is 1. The number of nitrogens with one attached hydrogen (secondary N) is 2. The molecule has 1 unspecified atom stereocenters. The van der Waals surface area contributed by atoms with E-state index in [1.54, 1.807) is 36.9 Å². The lowest BCUT2D eigenvalue weighted by molar-refractivity contribution is 0.628. The number of aromatic nitrogens is 6. The summed E-state index contributed by atoms with van der Waals surface area (Å²) in [5, 5.41) is 7.74. The lowest BCUT2D eigenvalue weighted by Crippen LogP contribution is -2.22. The summed E-state index contributed by atoms with van der Waals surface area (Å²) in [5.41, 5.74) is 7.36. The van der Waals surface area contributed by atoms with Gasteiger partial charge in [-0.3, -0.25) is 9.97 Å². The van der Waals surface area contributed by atoms with E-state index in [2.05, 4.69) is 46.6 Å². The monoisotopic (exact) mass is 462 g/mol. The van der Waals surface area contributed by atoms with Crippen LogP contribution in [0.1, 0.15) is 17.3 Å². The van der Waals surface area contributed by atoms with Gasteiger partial charge < -0.3 is 10.6 Å². The molecule has 1 aromatic carbocycles. The van der Waals surface area contributed by atoms with Crippen LogP contribution in [0.2, 0.25) is 0 Å². The lowest BCUT2D eigenvalue weighted by atomic mass is 9.93. The Morgan fingerprint density at radius 2 is 1.69 bits per heavy atom. The van der Waals surface area contributed by atoms with Gasteiger partial charge in [0.1, 0.15) is 18.5 Å². The molecule has 0 saturated carbocycles. The van der Waals surface area contributed by atoms with E-state index < -0.39 is 0 Å². The van der Waals surface area contributed by atoms with E-state index in [0.717, 1.165) is 56.1 Å². The standard InChI is InChI=1S/C26H19FN8/c1-28-21-9-22(35-19-6-7-31-25(24(19)21)15-2-4-17(27)5-3-15)26-18-8-20(16-10-29-13-30-11-16)32-12-23(18)33-14-34-26/h2-14,21,28,35H,1H3. The number of hydrogen-bond donors (Lipinski definition) is 2. The van der Waals surface area contributed by atoms with Crippen molar-refractivity contribution in [1.29, 1.82) is 0 Å². The Labute approximate surface area is 200 Å². The average Bonchev–Trinajstić information content (AvgIpc) is 2.92. The van der Waals surface area contributed by atoms with Crippen LogP contribution in [-0.4, -0.2) is 37.0 Å². The topological polar surface area (TPSA) is 101 Å². The summed E-state index contributed by atoms with van der Waals surface area (Å²) in [6.07, 6.45) is 12.0. The van der Waals surface area contributed by atoms with E-state index in [0.29, 0.717) is 0 Å². The van der Waals surface area contributed by atoms with Crippen LogP contribution in [-0.2, 0) is 0 Å². The van der Waals surface area contributed by atoms with Crippen LogP contribution in [0.15, 0.2) is 79.9 Å². The van der Waals surface area contributed by atoms with Crippen LogP contribution in [0, 0.1) is 5.82 Å². The highest BCUT2D eigenvalue weighted by Gasteiger charge is 2.25. The summed E-state index contributed by atoms with van der Waals surface area (Å²) >= 11 is 0. The maximum absolute atomic E-state index is 13.5. The van der Waals surface area contributed by atoms with Gasteiger partial charge in [-0.1, -0.05) is 0 Å². The second kappa shape index (κ2) is 8.62. The smallest absolute Gasteiger partial charge is 0.123 e. The number of rotatable bonds is 4. The average molecular weight is 462 g/mol. The van der Waals surface area contributed by atoms with Gasteiger partial charge in [0.05, 0.1) is 40.5 Å². The first kappa shape index (κ1) is 20.9. The summed E-state index contributed by atoms with van der Waals surface area (Å²) < 4.78 is 13.5. The van der Waals surface area contributed by atoms with E-state index in [1.807, 2.05) is 19.2 Å². The van der Waals surface area contributed by atoms with Crippen molar-refractivity contribution in [2.75, 3.05) is 12.4 Å². The summed E-state index contributed by atoms with van der Waals surface area (Å²) in [6, 6.07) is 10.1. The zero-order chi connectivity index (χ0) is 23.8. The second-order valence-corrected chi connectivity index (χ2v) is 8.04. The molecule has 1 atom stereocenters. The van der Waals surface area contributed by atoms with Gasteiger partial charge in [0.15, 0.2) is 0 Å². The molecule has 1 aliphatic heterocycles. The predicted octanol–water partition coefficient (Wildman–Crippen LogP) is 4.41. The molecule has 0 saturated heterocycles. The highest BCUT2D eigenvalue weighted by Crippen LogP contribution is 2.39. The maximum Gasteiger partial charge on any atom is 0.123 e. The number of likely N-dealkylation sites (N-methyl/N-ethyl adjacent to an activating group) is 1. The van der Waals surface area contributed by atoms with Gasteiger partial charge in [0.25, 0.3) is 0 Å². The van der Waals surface area contributed by atoms with E-state index in [9.17, 15) is 4.39 Å². The predicted molar refractivity (Wildman–Crippen MR) is 131 cm³/mol. The summed E-state index contributed by atoms with van der Waals surface area (Å²) in [6.45, 7) is 0. The number of anilines is 1. The minimum atomic E-state index is -0.282. The van der Waals surface area contributed by atoms with Crippen LogP contribution in [0.3, 0.4) is 0 Å². The minimum absolute atomic E-state index is 0.149. The summed E-state index contributed by atoms with van der Waals surface area (Å²) in [7, 11) is 1.89. The van der Waals surface area contributed by atoms with E-state index in [-0.39, 0.29) is 11.9 Å². The SMILES string of the molecule is CNC1C=C(c2ncnc3cnc(-c4cncnc4)cc23)Nc2ccnc(-c3ccc(F)cc3)c21. The zero-order valence-electron chi connectivity index (χ0n) is 18.6. The highest BCUT2D eigenvalue weighted by molar-refractivity contribution is 5.96. The van der Waals surface area contributed by atoms with Crippen molar-refractivity contribution in [3.8, 4) is 22.5 Å². The Bertz CT molecular complexity index is 1570. The molecule has 0 fully saturated rings. The lowest BCUT2D eigenvalue weighted by Gasteiger charge is -2.27. The van der Waals surface area contributed by atoms with E-state index in [4.69, 9.17) is 0 Å². The van der Waals surface area contributed by atoms with Gasteiger partial charge in [-0.25, -0.2) is 24.3 Å². The molecule has 35 heavy (non-hydrogen) atoms. The van der Waals surface area contributed by atoms with Crippen LogP contribution >= 0.6 is 0 Å². The van der Waals surface area contributed by atoms with E-state index in [1.165, 1.54) is 24.8 Å². The van der Waals surface area contributed by atoms with Crippen molar-refractivity contribution < 1.29 is 4.39 Å². The molecule has 1 aliphatic rings. The molecule has 0 aliphatic carbocycles. The van der Waals surface area contributed by atoms with Crippen LogP contribution in [0.25, 0.3) is 39.1 Å². The molecule has 0 amide bonds. The highest BCUT2D eigenvalue weighted by atomic mass is 19.1. The fourth-order valence-corrected chi connectivity index (χ4v) is 4.30. The molecule has 6 rings (SSSR count). The number of hydrogen-bond acceptors (Lipinski definition) is 8. The molecule has 5 aromatic rings. The van der Waals surface area contributed by atoms with Crippen molar-refractivity contribution in [2.24, 2.45) is 0 Å². The van der Waals surface area contributed by atoms with Crippen molar-refractivity contribution in [3.05, 3.63) is 97.0 Å². The van der Waals surface area contributed by atoms with Crippen molar-refractivity contribution in [2.45, 2.75) is 6.04 Å². The molecular formula is C26H19FN8. The Morgan fingerprint density at radius 1 is 0.857 bits per heavy atom. The molecular weight excluding hydrogens is 443 g/mol. The molecule has 9 heteroatoms.